The highest BCUT2D eigenvalue weighted by molar-refractivity contribution is 7.13. The number of aldehydes is 1. The Balaban J connectivity index is 0.000000257. The molecule has 9 nitrogen and oxygen atoms in total. The Morgan fingerprint density at radius 3 is 2.52 bits per heavy atom. The maximum Gasteiger partial charge on any atom is 0.416 e. The van der Waals surface area contributed by atoms with Crippen LogP contribution in [0.2, 0.25) is 5.02 Å². The fraction of sp³-hybridized carbons (Fsp3) is 0.263. The highest BCUT2D eigenvalue weighted by atomic mass is 35.5. The molecule has 0 aliphatic carbocycles. The van der Waals surface area contributed by atoms with Crippen LogP contribution in [0.3, 0.4) is 0 Å². The number of thiazole rings is 1. The topological polar surface area (TPSA) is 136 Å². The molecule has 0 saturated carbocycles. The molecule has 0 spiro atoms. The lowest BCUT2D eigenvalue weighted by atomic mass is 10.1. The van der Waals surface area contributed by atoms with Gasteiger partial charge in [-0.15, -0.1) is 11.3 Å². The zero-order chi connectivity index (χ0) is 24.8. The van der Waals surface area contributed by atoms with Gasteiger partial charge in [0.1, 0.15) is 28.0 Å². The van der Waals surface area contributed by atoms with E-state index in [2.05, 4.69) is 30.6 Å². The molecule has 0 aliphatic heterocycles. The number of nitrogens with one attached hydrogen (secondary N) is 2. The Morgan fingerprint density at radius 2 is 1.94 bits per heavy atom. The largest absolute Gasteiger partial charge is 0.416 e. The van der Waals surface area contributed by atoms with Crippen molar-refractivity contribution < 1.29 is 22.8 Å². The van der Waals surface area contributed by atoms with E-state index < -0.39 is 17.6 Å². The Morgan fingerprint density at radius 1 is 1.24 bits per heavy atom. The highest BCUT2D eigenvalue weighted by Crippen LogP contribution is 2.32. The minimum absolute atomic E-state index is 0.00168. The number of pyridine rings is 1. The van der Waals surface area contributed by atoms with Crippen molar-refractivity contribution in [2.75, 3.05) is 18.1 Å². The summed E-state index contributed by atoms with van der Waals surface area (Å²) < 4.78 is 36.9. The van der Waals surface area contributed by atoms with Gasteiger partial charge in [0.05, 0.1) is 16.5 Å². The van der Waals surface area contributed by atoms with Gasteiger partial charge >= 0.3 is 6.18 Å². The predicted octanol–water partition coefficient (Wildman–Crippen LogP) is 3.92. The van der Waals surface area contributed by atoms with Gasteiger partial charge < -0.3 is 16.4 Å². The Hall–Kier alpha value is -3.32. The molecule has 0 saturated heterocycles. The molecule has 4 N–H and O–H groups in total. The number of hydrogen-bond donors (Lipinski definition) is 3. The molecule has 0 fully saturated rings. The first-order valence-corrected chi connectivity index (χ1v) is 10.4. The van der Waals surface area contributed by atoms with Crippen LogP contribution >= 0.6 is 22.9 Å². The number of carbonyl (C=O) groups excluding carboxylic acids is 2. The maximum atomic E-state index is 12.3. The maximum absolute atomic E-state index is 12.3. The van der Waals surface area contributed by atoms with Crippen molar-refractivity contribution in [3.05, 3.63) is 56.5 Å². The van der Waals surface area contributed by atoms with Crippen LogP contribution < -0.4 is 16.4 Å². The molecular formula is C19H19ClF3N7O2S. The SMILES string of the molecule is CC(NC(=O)c1ncnc(N)c1Cl)c1ncc(C=O)s1.CNc1cc(C(F)(F)F)c(C)cn1. The second kappa shape index (κ2) is 11.0. The molecule has 1 unspecified atom stereocenters. The van der Waals surface area contributed by atoms with Gasteiger partial charge in [-0.25, -0.2) is 19.9 Å². The van der Waals surface area contributed by atoms with Gasteiger partial charge in [-0.1, -0.05) is 11.6 Å². The second-order valence-electron chi connectivity index (χ2n) is 6.47. The number of aromatic nitrogens is 4. The lowest BCUT2D eigenvalue weighted by Crippen LogP contribution is -2.28. The Bertz CT molecular complexity index is 1140. The van der Waals surface area contributed by atoms with E-state index >= 15 is 0 Å². The van der Waals surface area contributed by atoms with E-state index in [0.717, 1.165) is 12.4 Å². The zero-order valence-electron chi connectivity index (χ0n) is 17.6. The molecule has 3 heterocycles. The van der Waals surface area contributed by atoms with Crippen LogP contribution in [0.5, 0.6) is 0 Å². The standard InChI is InChI=1S/C11H10ClN5O2S.C8H9F3N2/c1-5(11-14-2-6(3-18)20-11)17-10(19)8-7(12)9(13)16-4-15-8;1-5-4-13-7(12-2)3-6(5)8(9,10)11/h2-5H,1H3,(H,17,19)(H2,13,15,16);3-4H,1-2H3,(H,12,13). The molecule has 0 aromatic carbocycles. The zero-order valence-corrected chi connectivity index (χ0v) is 19.1. The van der Waals surface area contributed by atoms with Crippen molar-refractivity contribution in [3.63, 3.8) is 0 Å². The van der Waals surface area contributed by atoms with E-state index in [0.29, 0.717) is 16.2 Å². The molecule has 0 radical (unpaired) electrons. The van der Waals surface area contributed by atoms with Crippen LogP contribution in [0.1, 0.15) is 49.3 Å². The van der Waals surface area contributed by atoms with Gasteiger partial charge in [-0.3, -0.25) is 9.59 Å². The number of alkyl halides is 3. The molecule has 3 aromatic heterocycles. The van der Waals surface area contributed by atoms with Gasteiger partial charge in [0.2, 0.25) is 0 Å². The van der Waals surface area contributed by atoms with E-state index in [-0.39, 0.29) is 34.0 Å². The molecule has 14 heteroatoms. The summed E-state index contributed by atoms with van der Waals surface area (Å²) in [6.45, 7) is 3.12. The van der Waals surface area contributed by atoms with Crippen LogP contribution in [0, 0.1) is 6.92 Å². The van der Waals surface area contributed by atoms with Crippen LogP contribution in [0.4, 0.5) is 24.8 Å². The molecule has 3 aromatic rings. The van der Waals surface area contributed by atoms with E-state index in [1.807, 2.05) is 0 Å². The average molecular weight is 502 g/mol. The first-order valence-electron chi connectivity index (χ1n) is 9.17. The number of nitrogens with zero attached hydrogens (tertiary/aromatic N) is 4. The quantitative estimate of drug-likeness (QED) is 0.447. The van der Waals surface area contributed by atoms with Crippen LogP contribution in [0.15, 0.2) is 24.8 Å². The summed E-state index contributed by atoms with van der Waals surface area (Å²) in [6.07, 6.45) is 0.213. The van der Waals surface area contributed by atoms with Crippen LogP contribution in [-0.2, 0) is 6.18 Å². The third kappa shape index (κ3) is 6.83. The van der Waals surface area contributed by atoms with Gasteiger partial charge in [0, 0.05) is 19.4 Å². The fourth-order valence-corrected chi connectivity index (χ4v) is 3.31. The van der Waals surface area contributed by atoms with E-state index in [4.69, 9.17) is 17.3 Å². The van der Waals surface area contributed by atoms with Crippen molar-refractivity contribution in [2.45, 2.75) is 26.1 Å². The van der Waals surface area contributed by atoms with Crippen LogP contribution in [0.25, 0.3) is 0 Å². The first-order chi connectivity index (χ1) is 15.5. The summed E-state index contributed by atoms with van der Waals surface area (Å²) >= 11 is 7.08. The van der Waals surface area contributed by atoms with Crippen molar-refractivity contribution in [3.8, 4) is 0 Å². The molecule has 33 heavy (non-hydrogen) atoms. The molecule has 1 atom stereocenters. The number of aryl methyl sites for hydroxylation is 1. The van der Waals surface area contributed by atoms with Gasteiger partial charge in [-0.05, 0) is 25.5 Å². The smallest absolute Gasteiger partial charge is 0.382 e. The van der Waals surface area contributed by atoms with Gasteiger partial charge in [-0.2, -0.15) is 13.2 Å². The molecule has 176 valence electrons. The highest BCUT2D eigenvalue weighted by Gasteiger charge is 2.32. The Labute approximate surface area is 195 Å². The van der Waals surface area contributed by atoms with Crippen molar-refractivity contribution >= 4 is 46.8 Å². The molecule has 0 aliphatic rings. The minimum Gasteiger partial charge on any atom is -0.382 e. The normalized spacial score (nSPS) is 11.7. The van der Waals surface area contributed by atoms with Gasteiger partial charge in [0.25, 0.3) is 5.91 Å². The summed E-state index contributed by atoms with van der Waals surface area (Å²) in [5.74, 6) is -0.227. The number of anilines is 2. The minimum atomic E-state index is -4.31. The monoisotopic (exact) mass is 501 g/mol. The fourth-order valence-electron chi connectivity index (χ4n) is 2.39. The van der Waals surface area contributed by atoms with Crippen molar-refractivity contribution in [2.24, 2.45) is 0 Å². The van der Waals surface area contributed by atoms with Crippen molar-refractivity contribution in [1.29, 1.82) is 0 Å². The summed E-state index contributed by atoms with van der Waals surface area (Å²) in [4.78, 5) is 38.4. The Kier molecular flexibility index (Phi) is 8.65. The van der Waals surface area contributed by atoms with E-state index in [1.54, 1.807) is 6.92 Å². The number of halogens is 4. The third-order valence-corrected chi connectivity index (χ3v) is 5.55. The lowest BCUT2D eigenvalue weighted by molar-refractivity contribution is -0.138. The van der Waals surface area contributed by atoms with E-state index in [1.165, 1.54) is 37.7 Å². The molecule has 3 rings (SSSR count). The summed E-state index contributed by atoms with van der Waals surface area (Å²) in [5.41, 5.74) is 4.99. The number of hydrogen-bond acceptors (Lipinski definition) is 9. The van der Waals surface area contributed by atoms with Crippen molar-refractivity contribution in [1.82, 2.24) is 25.3 Å². The lowest BCUT2D eigenvalue weighted by Gasteiger charge is -2.11. The van der Waals surface area contributed by atoms with Gasteiger partial charge in [0.15, 0.2) is 12.0 Å². The number of rotatable bonds is 5. The number of amides is 1. The predicted molar refractivity (Wildman–Crippen MR) is 118 cm³/mol. The summed E-state index contributed by atoms with van der Waals surface area (Å²) in [6, 6.07) is 0.614. The molecule has 0 bridgehead atoms. The average Bonchev–Trinajstić information content (AvgIpc) is 3.25. The molecular weight excluding hydrogens is 483 g/mol. The second-order valence-corrected chi connectivity index (χ2v) is 7.94. The number of carbonyl (C=O) groups is 2. The summed E-state index contributed by atoms with van der Waals surface area (Å²) in [7, 11) is 1.53. The number of nitrogens with two attached hydrogens (primary N) is 1. The first kappa shape index (κ1) is 25.9. The summed E-state index contributed by atoms with van der Waals surface area (Å²) in [5, 5.41) is 5.85. The third-order valence-electron chi connectivity index (χ3n) is 4.07. The number of nitrogen functional groups attached to an aromatic ring is 1. The van der Waals surface area contributed by atoms with E-state index in [9.17, 15) is 22.8 Å². The molecule has 1 amide bonds. The van der Waals surface area contributed by atoms with Crippen LogP contribution in [-0.4, -0.2) is 39.2 Å².